The summed E-state index contributed by atoms with van der Waals surface area (Å²) in [7, 11) is 2.11. The number of hydrogen-bond donors (Lipinski definition) is 1. The van der Waals surface area contributed by atoms with Crippen LogP contribution in [0.4, 0.5) is 0 Å². The summed E-state index contributed by atoms with van der Waals surface area (Å²) in [6.07, 6.45) is 0.359. The van der Waals surface area contributed by atoms with Crippen LogP contribution in [-0.4, -0.2) is 30.1 Å². The van der Waals surface area contributed by atoms with Crippen molar-refractivity contribution in [2.75, 3.05) is 20.1 Å². The van der Waals surface area contributed by atoms with Gasteiger partial charge < -0.3 is 10.0 Å². The van der Waals surface area contributed by atoms with E-state index in [2.05, 4.69) is 48.6 Å². The highest BCUT2D eigenvalue weighted by atomic mass is 79.9. The largest absolute Gasteiger partial charge is 0.388 e. The maximum absolute atomic E-state index is 10.2. The third-order valence-electron chi connectivity index (χ3n) is 2.79. The number of aliphatic hydroxyl groups is 1. The zero-order valence-electron chi connectivity index (χ0n) is 11.8. The van der Waals surface area contributed by atoms with Crippen molar-refractivity contribution >= 4 is 15.9 Å². The molecule has 1 rings (SSSR count). The Morgan fingerprint density at radius 2 is 1.89 bits per heavy atom. The maximum Gasteiger partial charge on any atom is 0.0813 e. The second kappa shape index (κ2) is 6.69. The summed E-state index contributed by atoms with van der Waals surface area (Å²) in [4.78, 5) is 2.28. The lowest BCUT2D eigenvalue weighted by atomic mass is 9.96. The van der Waals surface area contributed by atoms with Crippen LogP contribution in [0.25, 0.3) is 0 Å². The van der Waals surface area contributed by atoms with Crippen molar-refractivity contribution in [3.63, 3.8) is 0 Å². The van der Waals surface area contributed by atoms with E-state index in [1.807, 2.05) is 24.3 Å². The fourth-order valence-corrected chi connectivity index (χ4v) is 2.68. The highest BCUT2D eigenvalue weighted by Gasteiger charge is 2.15. The number of rotatable bonds is 5. The summed E-state index contributed by atoms with van der Waals surface area (Å²) in [6.45, 7) is 8.63. The fourth-order valence-electron chi connectivity index (χ4n) is 2.13. The predicted octanol–water partition coefficient (Wildman–Crippen LogP) is 3.85. The number of hydrogen-bond acceptors (Lipinski definition) is 2. The van der Waals surface area contributed by atoms with Crippen LogP contribution in [0.5, 0.6) is 0 Å². The van der Waals surface area contributed by atoms with Crippen LogP contribution in [-0.2, 0) is 0 Å². The van der Waals surface area contributed by atoms with Crippen LogP contribution >= 0.6 is 15.9 Å². The van der Waals surface area contributed by atoms with Crippen LogP contribution in [0.3, 0.4) is 0 Å². The molecule has 1 atom stereocenters. The lowest BCUT2D eigenvalue weighted by molar-refractivity contribution is 0.137. The molecule has 0 saturated heterocycles. The molecule has 0 bridgehead atoms. The van der Waals surface area contributed by atoms with Gasteiger partial charge in [-0.15, -0.1) is 0 Å². The van der Waals surface area contributed by atoms with Crippen LogP contribution in [0.2, 0.25) is 0 Å². The molecule has 0 saturated carbocycles. The Bertz CT molecular complexity index is 373. The average Bonchev–Trinajstić information content (AvgIpc) is 2.24. The maximum atomic E-state index is 10.2. The van der Waals surface area contributed by atoms with E-state index in [0.717, 1.165) is 29.5 Å². The van der Waals surface area contributed by atoms with Crippen LogP contribution in [0, 0.1) is 5.41 Å². The second-order valence-electron chi connectivity index (χ2n) is 6.12. The van der Waals surface area contributed by atoms with Crippen LogP contribution in [0.1, 0.15) is 38.9 Å². The van der Waals surface area contributed by atoms with Gasteiger partial charge in [-0.2, -0.15) is 0 Å². The first-order valence-corrected chi connectivity index (χ1v) is 7.20. The van der Waals surface area contributed by atoms with Crippen molar-refractivity contribution in [1.82, 2.24) is 4.90 Å². The third kappa shape index (κ3) is 5.51. The van der Waals surface area contributed by atoms with Crippen molar-refractivity contribution in [2.24, 2.45) is 5.41 Å². The number of aliphatic hydroxyl groups excluding tert-OH is 1. The molecule has 102 valence electrons. The summed E-state index contributed by atoms with van der Waals surface area (Å²) >= 11 is 3.48. The van der Waals surface area contributed by atoms with E-state index in [0.29, 0.717) is 5.41 Å². The first kappa shape index (κ1) is 15.7. The van der Waals surface area contributed by atoms with E-state index in [1.165, 1.54) is 0 Å². The first-order chi connectivity index (χ1) is 8.29. The minimum Gasteiger partial charge on any atom is -0.388 e. The highest BCUT2D eigenvalue weighted by molar-refractivity contribution is 9.10. The Morgan fingerprint density at radius 3 is 2.44 bits per heavy atom. The Labute approximate surface area is 119 Å². The van der Waals surface area contributed by atoms with Gasteiger partial charge in [0.15, 0.2) is 0 Å². The minimum absolute atomic E-state index is 0.299. The molecule has 3 heteroatoms. The summed E-state index contributed by atoms with van der Waals surface area (Å²) in [5.41, 5.74) is 1.27. The number of nitrogens with zero attached hydrogens (tertiary/aromatic N) is 1. The molecule has 0 fully saturated rings. The molecule has 0 amide bonds. The Balaban J connectivity index is 2.47. The SMILES string of the molecule is CN(CCC(O)c1ccccc1Br)CC(C)(C)C. The van der Waals surface area contributed by atoms with Gasteiger partial charge in [-0.1, -0.05) is 54.9 Å². The zero-order valence-corrected chi connectivity index (χ0v) is 13.4. The van der Waals surface area contributed by atoms with Gasteiger partial charge in [-0.25, -0.2) is 0 Å². The number of halogens is 1. The van der Waals surface area contributed by atoms with Gasteiger partial charge in [0.05, 0.1) is 6.10 Å². The van der Waals surface area contributed by atoms with Gasteiger partial charge in [0.1, 0.15) is 0 Å². The van der Waals surface area contributed by atoms with Crippen molar-refractivity contribution in [3.05, 3.63) is 34.3 Å². The smallest absolute Gasteiger partial charge is 0.0813 e. The molecule has 1 N–H and O–H groups in total. The quantitative estimate of drug-likeness (QED) is 0.892. The molecule has 1 aromatic rings. The molecule has 18 heavy (non-hydrogen) atoms. The van der Waals surface area contributed by atoms with Crippen molar-refractivity contribution < 1.29 is 5.11 Å². The molecule has 0 radical (unpaired) electrons. The molecular weight excluding hydrogens is 290 g/mol. The van der Waals surface area contributed by atoms with E-state index in [-0.39, 0.29) is 0 Å². The summed E-state index contributed by atoms with van der Waals surface area (Å²) in [5.74, 6) is 0. The summed E-state index contributed by atoms with van der Waals surface area (Å²) < 4.78 is 0.982. The molecule has 0 aromatic heterocycles. The van der Waals surface area contributed by atoms with E-state index in [9.17, 15) is 5.11 Å². The van der Waals surface area contributed by atoms with Gasteiger partial charge in [0, 0.05) is 17.6 Å². The summed E-state index contributed by atoms with van der Waals surface area (Å²) in [5, 5.41) is 10.2. The Morgan fingerprint density at radius 1 is 1.28 bits per heavy atom. The standard InChI is InChI=1S/C15H24BrNO/c1-15(2,3)11-17(4)10-9-14(18)12-7-5-6-8-13(12)16/h5-8,14,18H,9-11H2,1-4H3. The molecule has 0 aliphatic heterocycles. The molecule has 0 aliphatic rings. The van der Waals surface area contributed by atoms with E-state index < -0.39 is 6.10 Å². The molecule has 1 aromatic carbocycles. The lowest BCUT2D eigenvalue weighted by Crippen LogP contribution is -2.30. The van der Waals surface area contributed by atoms with Crippen LogP contribution in [0.15, 0.2) is 28.7 Å². The normalized spacial score (nSPS) is 13.9. The third-order valence-corrected chi connectivity index (χ3v) is 3.51. The van der Waals surface area contributed by atoms with E-state index >= 15 is 0 Å². The minimum atomic E-state index is -0.400. The molecule has 1 unspecified atom stereocenters. The lowest BCUT2D eigenvalue weighted by Gasteiger charge is -2.27. The zero-order chi connectivity index (χ0) is 13.8. The Hall–Kier alpha value is -0.380. The van der Waals surface area contributed by atoms with E-state index in [4.69, 9.17) is 0 Å². The first-order valence-electron chi connectivity index (χ1n) is 6.40. The Kier molecular flexibility index (Phi) is 5.83. The molecular formula is C15H24BrNO. The fraction of sp³-hybridized carbons (Fsp3) is 0.600. The van der Waals surface area contributed by atoms with Gasteiger partial charge in [-0.3, -0.25) is 0 Å². The van der Waals surface area contributed by atoms with Crippen molar-refractivity contribution in [2.45, 2.75) is 33.3 Å². The van der Waals surface area contributed by atoms with Gasteiger partial charge in [-0.05, 0) is 30.5 Å². The predicted molar refractivity (Wildman–Crippen MR) is 80.7 cm³/mol. The molecule has 2 nitrogen and oxygen atoms in total. The topological polar surface area (TPSA) is 23.5 Å². The molecule has 0 heterocycles. The van der Waals surface area contributed by atoms with Gasteiger partial charge in [0.25, 0.3) is 0 Å². The van der Waals surface area contributed by atoms with Gasteiger partial charge in [0.2, 0.25) is 0 Å². The summed E-state index contributed by atoms with van der Waals surface area (Å²) in [6, 6.07) is 7.87. The van der Waals surface area contributed by atoms with E-state index in [1.54, 1.807) is 0 Å². The highest BCUT2D eigenvalue weighted by Crippen LogP contribution is 2.25. The molecule has 0 aliphatic carbocycles. The van der Waals surface area contributed by atoms with Crippen molar-refractivity contribution in [3.8, 4) is 0 Å². The van der Waals surface area contributed by atoms with Crippen molar-refractivity contribution in [1.29, 1.82) is 0 Å². The monoisotopic (exact) mass is 313 g/mol. The molecule has 0 spiro atoms. The average molecular weight is 314 g/mol. The van der Waals surface area contributed by atoms with Crippen LogP contribution < -0.4 is 0 Å². The second-order valence-corrected chi connectivity index (χ2v) is 6.98. The number of benzene rings is 1. The van der Waals surface area contributed by atoms with Gasteiger partial charge >= 0.3 is 0 Å².